The van der Waals surface area contributed by atoms with Gasteiger partial charge in [-0.1, -0.05) is 11.6 Å². The Hall–Kier alpha value is 0.181. The van der Waals surface area contributed by atoms with E-state index in [1.807, 2.05) is 0 Å². The van der Waals surface area contributed by atoms with Gasteiger partial charge in [-0.25, -0.2) is 0 Å². The number of ether oxygens (including phenoxy) is 1. The quantitative estimate of drug-likeness (QED) is 0.655. The molecule has 7 heteroatoms. The molecule has 2 nitrogen and oxygen atoms in total. The van der Waals surface area contributed by atoms with Gasteiger partial charge in [0, 0.05) is 6.42 Å². The summed E-state index contributed by atoms with van der Waals surface area (Å²) in [6, 6.07) is 2.63. The van der Waals surface area contributed by atoms with Crippen molar-refractivity contribution in [3.8, 4) is 5.75 Å². The minimum Gasteiger partial charge on any atom is -0.517 e. The van der Waals surface area contributed by atoms with Gasteiger partial charge in [-0.05, 0) is 19.1 Å². The Balaban J connectivity index is 0.00000144. The Bertz CT molecular complexity index is 448. The monoisotopic (exact) mass is 268 g/mol. The zero-order chi connectivity index (χ0) is 11.9. The van der Waals surface area contributed by atoms with Crippen LogP contribution in [0, 0.1) is 6.92 Å². The van der Waals surface area contributed by atoms with Crippen molar-refractivity contribution in [2.75, 3.05) is 0 Å². The average Bonchev–Trinajstić information content (AvgIpc) is 2.17. The second-order valence-electron chi connectivity index (χ2n) is 3.91. The third-order valence-corrected chi connectivity index (χ3v) is 2.52. The molecule has 0 fully saturated rings. The summed E-state index contributed by atoms with van der Waals surface area (Å²) in [7, 11) is 0. The number of Topliss-reactive ketones (excluding diaryl/α,β-unsaturated/α-hetero) is 1. The van der Waals surface area contributed by atoms with Gasteiger partial charge in [0.1, 0.15) is 5.75 Å². The fraction of sp³-hybridized carbons (Fsp3) is 0.300. The summed E-state index contributed by atoms with van der Waals surface area (Å²) < 4.78 is 42.2. The van der Waals surface area contributed by atoms with Crippen LogP contribution in [-0.4, -0.2) is 18.8 Å². The first-order valence-corrected chi connectivity index (χ1v) is 4.88. The molecule has 1 aromatic rings. The van der Waals surface area contributed by atoms with Gasteiger partial charge >= 0.3 is 58.4 Å². The summed E-state index contributed by atoms with van der Waals surface area (Å²) in [5.41, 5.74) is 1.07. The van der Waals surface area contributed by atoms with Crippen molar-refractivity contribution in [2.24, 2.45) is 0 Å². The summed E-state index contributed by atoms with van der Waals surface area (Å²) >= 11 is 0. The van der Waals surface area contributed by atoms with Gasteiger partial charge in [0.2, 0.25) is 0 Å². The van der Waals surface area contributed by atoms with Gasteiger partial charge in [-0.3, -0.25) is 4.79 Å². The van der Waals surface area contributed by atoms with Crippen LogP contribution in [0.15, 0.2) is 18.2 Å². The number of aryl methyl sites for hydroxylation is 1. The predicted molar refractivity (Wildman–Crippen MR) is 53.6 cm³/mol. The van der Waals surface area contributed by atoms with Crippen molar-refractivity contribution in [2.45, 2.75) is 19.3 Å². The number of rotatable bonds is 1. The van der Waals surface area contributed by atoms with Gasteiger partial charge in [0.15, 0.2) is 5.78 Å². The molecule has 1 atom stereocenters. The van der Waals surface area contributed by atoms with Gasteiger partial charge in [0.25, 0.3) is 0 Å². The molecule has 0 amide bonds. The fourth-order valence-corrected chi connectivity index (χ4v) is 1.67. The first kappa shape index (κ1) is 15.2. The second-order valence-corrected chi connectivity index (χ2v) is 3.91. The van der Waals surface area contributed by atoms with Gasteiger partial charge in [0.05, 0.1) is 11.6 Å². The second kappa shape index (κ2) is 5.44. The molecule has 0 bridgehead atoms. The largest absolute Gasteiger partial charge is 1.00 e. The third kappa shape index (κ3) is 3.35. The number of hydrogen-bond acceptors (Lipinski definition) is 2. The Morgan fingerprint density at radius 1 is 1.35 bits per heavy atom. The topological polar surface area (TPSA) is 26.3 Å². The molecule has 1 heterocycles. The van der Waals surface area contributed by atoms with E-state index < -0.39 is 25.2 Å². The molecule has 0 radical (unpaired) electrons. The van der Waals surface area contributed by atoms with Crippen LogP contribution in [0.3, 0.4) is 0 Å². The summed E-state index contributed by atoms with van der Waals surface area (Å²) in [6.07, 6.45) is -0.611. The van der Waals surface area contributed by atoms with Crippen molar-refractivity contribution in [1.29, 1.82) is 0 Å². The van der Waals surface area contributed by atoms with Gasteiger partial charge in [-0.15, -0.1) is 0 Å². The van der Waals surface area contributed by atoms with E-state index in [0.717, 1.165) is 5.56 Å². The molecule has 2 rings (SSSR count). The average molecular weight is 268 g/mol. The van der Waals surface area contributed by atoms with Crippen molar-refractivity contribution in [3.05, 3.63) is 29.3 Å². The Labute approximate surface area is 139 Å². The van der Waals surface area contributed by atoms with E-state index in [4.69, 9.17) is 4.74 Å². The van der Waals surface area contributed by atoms with Crippen LogP contribution in [0.5, 0.6) is 5.75 Å². The van der Waals surface area contributed by atoms with E-state index in [0.29, 0.717) is 0 Å². The molecule has 0 aliphatic carbocycles. The molecule has 1 unspecified atom stereocenters. The normalized spacial score (nSPS) is 19.1. The number of fused-ring (bicyclic) bond motifs is 1. The number of ketones is 1. The minimum atomic E-state index is -5.14. The summed E-state index contributed by atoms with van der Waals surface area (Å²) in [6.45, 7) is -3.37. The summed E-state index contributed by atoms with van der Waals surface area (Å²) in [5.74, 6) is -0.472. The molecule has 0 saturated carbocycles. The van der Waals surface area contributed by atoms with Crippen LogP contribution in [0.1, 0.15) is 22.3 Å². The molecule has 0 aromatic heterocycles. The minimum absolute atomic E-state index is 0. The number of hydrogen-bond donors (Lipinski definition) is 0. The Morgan fingerprint density at radius 3 is 2.59 bits per heavy atom. The standard InChI is InChI=1S/C10H9BF3O2.K/c1-6-2-3-9-7(4-6)8(15)5-10(16-9)11(12,13)14;/h2-4,10H,5H2,1H3;/q-1;+1. The number of halogens is 3. The Morgan fingerprint density at radius 2 is 2.00 bits per heavy atom. The maximum absolute atomic E-state index is 12.5. The predicted octanol–water partition coefficient (Wildman–Crippen LogP) is -0.281. The van der Waals surface area contributed by atoms with E-state index in [2.05, 4.69) is 0 Å². The number of benzene rings is 1. The first-order valence-electron chi connectivity index (χ1n) is 4.88. The van der Waals surface area contributed by atoms with E-state index in [9.17, 15) is 17.7 Å². The molecular weight excluding hydrogens is 259 g/mol. The Kier molecular flexibility index (Phi) is 4.88. The van der Waals surface area contributed by atoms with Crippen molar-refractivity contribution < 1.29 is 73.9 Å². The van der Waals surface area contributed by atoms with E-state index in [-0.39, 0.29) is 62.7 Å². The first-order chi connectivity index (χ1) is 7.38. The van der Waals surface area contributed by atoms with E-state index in [1.54, 1.807) is 19.1 Å². The summed E-state index contributed by atoms with van der Waals surface area (Å²) in [5, 5.41) is 0. The van der Waals surface area contributed by atoms with Crippen LogP contribution in [-0.2, 0) is 0 Å². The van der Waals surface area contributed by atoms with Gasteiger partial charge in [-0.2, -0.15) is 0 Å². The molecular formula is C10H9BF3KO2. The van der Waals surface area contributed by atoms with E-state index >= 15 is 0 Å². The van der Waals surface area contributed by atoms with Crippen LogP contribution >= 0.6 is 0 Å². The van der Waals surface area contributed by atoms with Crippen molar-refractivity contribution >= 4 is 12.8 Å². The molecule has 0 spiro atoms. The van der Waals surface area contributed by atoms with Crippen molar-refractivity contribution in [1.82, 2.24) is 0 Å². The van der Waals surface area contributed by atoms with Crippen LogP contribution in [0.25, 0.3) is 0 Å². The van der Waals surface area contributed by atoms with Crippen molar-refractivity contribution in [3.63, 3.8) is 0 Å². The molecule has 86 valence electrons. The van der Waals surface area contributed by atoms with Crippen LogP contribution < -0.4 is 56.1 Å². The summed E-state index contributed by atoms with van der Waals surface area (Å²) in [4.78, 5) is 11.5. The van der Waals surface area contributed by atoms with Crippen LogP contribution in [0.4, 0.5) is 12.9 Å². The third-order valence-electron chi connectivity index (χ3n) is 2.52. The van der Waals surface area contributed by atoms with E-state index in [1.165, 1.54) is 6.07 Å². The molecule has 0 N–H and O–H groups in total. The molecule has 1 aliphatic heterocycles. The van der Waals surface area contributed by atoms with Gasteiger partial charge < -0.3 is 17.7 Å². The molecule has 1 aliphatic rings. The SMILES string of the molecule is Cc1ccc2c(c1)C(=O)CC([B-](F)(F)F)O2.[K+]. The maximum atomic E-state index is 12.5. The zero-order valence-electron chi connectivity index (χ0n) is 9.54. The molecule has 1 aromatic carbocycles. The molecule has 0 saturated heterocycles. The zero-order valence-corrected chi connectivity index (χ0v) is 12.7. The fourth-order valence-electron chi connectivity index (χ4n) is 1.67. The smallest absolute Gasteiger partial charge is 0.517 e. The number of carbonyl (C=O) groups excluding carboxylic acids is 1. The number of carbonyl (C=O) groups is 1. The van der Waals surface area contributed by atoms with Crippen LogP contribution in [0.2, 0.25) is 0 Å². The molecule has 17 heavy (non-hydrogen) atoms. The maximum Gasteiger partial charge on any atom is 1.00 e.